The number of benzene rings is 7. The molecule has 0 aromatic heterocycles. The SMILES string of the molecule is [2H]c1c([2H])c([2H])c(-c2ccc3c(c2)-c2cccc4c(-c5cccc(-c6cccccc7cccc8ccc6cc78)c5)ccc(c24)C3(C)C)c([2H])c1[2H]. The Balaban J connectivity index is 1.24. The molecular weight excluding hydrogens is 565 g/mol. The zero-order chi connectivity index (χ0) is 35.9. The van der Waals surface area contributed by atoms with Gasteiger partial charge < -0.3 is 0 Å². The zero-order valence-electron chi connectivity index (χ0n) is 31.3. The van der Waals surface area contributed by atoms with E-state index in [0.717, 1.165) is 44.3 Å². The number of hydrogen-bond donors (Lipinski definition) is 0. The highest BCUT2D eigenvalue weighted by Gasteiger charge is 2.34. The molecule has 0 amide bonds. The molecule has 0 fully saturated rings. The monoisotopic (exact) mass is 603 g/mol. The third-order valence-electron chi connectivity index (χ3n) is 9.96. The first-order valence-corrected chi connectivity index (χ1v) is 16.1. The van der Waals surface area contributed by atoms with Crippen LogP contribution in [0.3, 0.4) is 0 Å². The van der Waals surface area contributed by atoms with Crippen LogP contribution in [0.4, 0.5) is 0 Å². The first kappa shape index (κ1) is 22.7. The van der Waals surface area contributed by atoms with Crippen molar-refractivity contribution in [3.63, 3.8) is 0 Å². The molecule has 0 saturated heterocycles. The van der Waals surface area contributed by atoms with Gasteiger partial charge in [0.15, 0.2) is 0 Å². The van der Waals surface area contributed by atoms with Crippen LogP contribution in [0.5, 0.6) is 0 Å². The van der Waals surface area contributed by atoms with E-state index in [2.05, 4.69) is 141 Å². The van der Waals surface area contributed by atoms with Crippen molar-refractivity contribution in [2.45, 2.75) is 19.3 Å². The molecule has 0 saturated carbocycles. The Morgan fingerprint density at radius 3 is 1.96 bits per heavy atom. The molecule has 0 unspecified atom stereocenters. The summed E-state index contributed by atoms with van der Waals surface area (Å²) in [5.41, 5.74) is 9.53. The van der Waals surface area contributed by atoms with Gasteiger partial charge in [-0.2, -0.15) is 0 Å². The van der Waals surface area contributed by atoms with E-state index >= 15 is 0 Å². The Hall–Kier alpha value is -5.72. The van der Waals surface area contributed by atoms with Crippen molar-refractivity contribution in [2.75, 3.05) is 0 Å². The predicted octanol–water partition coefficient (Wildman–Crippen LogP) is 13.0. The van der Waals surface area contributed by atoms with E-state index in [4.69, 9.17) is 6.85 Å². The molecular formula is C47H34. The summed E-state index contributed by atoms with van der Waals surface area (Å²) < 4.78 is 42.0. The van der Waals surface area contributed by atoms with Crippen molar-refractivity contribution in [1.82, 2.24) is 0 Å². The Morgan fingerprint density at radius 1 is 0.404 bits per heavy atom. The van der Waals surface area contributed by atoms with Crippen molar-refractivity contribution < 1.29 is 6.85 Å². The largest absolute Gasteiger partial charge is 0.0629 e. The standard InChI is InChI=1S/C47H34/c1-47(2)44-26-24-34(31-12-5-3-6-13-31)29-43(44)41-21-11-20-40-39(25-27-45(47)46(40)41)36-18-10-17-35(28-36)38-19-8-4-7-14-32-15-9-16-33-22-23-37(38)30-42(32)33/h3-30H,1-2H3/i3D,5D,6D,12D,13D. The van der Waals surface area contributed by atoms with Gasteiger partial charge in [-0.15, -0.1) is 0 Å². The molecule has 1 aliphatic rings. The summed E-state index contributed by atoms with van der Waals surface area (Å²) in [6, 6.07) is 48.1. The second-order valence-corrected chi connectivity index (χ2v) is 13.0. The van der Waals surface area contributed by atoms with Crippen LogP contribution in [0.2, 0.25) is 0 Å². The lowest BCUT2D eigenvalue weighted by Crippen LogP contribution is -2.23. The summed E-state index contributed by atoms with van der Waals surface area (Å²) in [5.74, 6) is 0. The summed E-state index contributed by atoms with van der Waals surface area (Å²) >= 11 is 0. The highest BCUT2D eigenvalue weighted by molar-refractivity contribution is 6.10. The average molecular weight is 604 g/mol. The van der Waals surface area contributed by atoms with E-state index in [1.54, 1.807) is 0 Å². The molecule has 0 aliphatic heterocycles. The normalized spacial score (nSPS) is 14.6. The fraction of sp³-hybridized carbons (Fsp3) is 0.0638. The van der Waals surface area contributed by atoms with Crippen molar-refractivity contribution in [3.8, 4) is 44.5 Å². The van der Waals surface area contributed by atoms with E-state index in [1.165, 1.54) is 32.5 Å². The molecule has 0 N–H and O–H groups in total. The van der Waals surface area contributed by atoms with E-state index in [-0.39, 0.29) is 41.2 Å². The molecule has 47 heavy (non-hydrogen) atoms. The lowest BCUT2D eigenvalue weighted by Gasteiger charge is -2.36. The van der Waals surface area contributed by atoms with Gasteiger partial charge in [0.05, 0.1) is 6.85 Å². The van der Waals surface area contributed by atoms with Crippen molar-refractivity contribution in [1.29, 1.82) is 0 Å². The van der Waals surface area contributed by atoms with Crippen LogP contribution in [0.1, 0.15) is 31.8 Å². The number of hydrogen-bond acceptors (Lipinski definition) is 0. The number of rotatable bonds is 3. The maximum atomic E-state index is 8.65. The fourth-order valence-electron chi connectivity index (χ4n) is 7.61. The maximum absolute atomic E-state index is 8.65. The first-order chi connectivity index (χ1) is 25.1. The van der Waals surface area contributed by atoms with E-state index in [1.807, 2.05) is 12.1 Å². The first-order valence-electron chi connectivity index (χ1n) is 18.6. The quantitative estimate of drug-likeness (QED) is 0.188. The van der Waals surface area contributed by atoms with Gasteiger partial charge in [-0.3, -0.25) is 0 Å². The zero-order valence-corrected chi connectivity index (χ0v) is 26.3. The summed E-state index contributed by atoms with van der Waals surface area (Å²) in [4.78, 5) is 0. The van der Waals surface area contributed by atoms with Crippen molar-refractivity contribution in [2.24, 2.45) is 0 Å². The Kier molecular flexibility index (Phi) is 5.17. The van der Waals surface area contributed by atoms with Gasteiger partial charge in [0.25, 0.3) is 0 Å². The third kappa shape index (κ3) is 4.44. The summed E-state index contributed by atoms with van der Waals surface area (Å²) in [6.45, 7) is 4.48. The molecule has 222 valence electrons. The highest BCUT2D eigenvalue weighted by Crippen LogP contribution is 2.51. The summed E-state index contributed by atoms with van der Waals surface area (Å²) in [7, 11) is 0. The number of fused-ring (bicyclic) bond motifs is 3. The van der Waals surface area contributed by atoms with Crippen molar-refractivity contribution >= 4 is 32.3 Å². The minimum Gasteiger partial charge on any atom is -0.0622 e. The lowest BCUT2D eigenvalue weighted by molar-refractivity contribution is 0.645. The van der Waals surface area contributed by atoms with Gasteiger partial charge >= 0.3 is 0 Å². The summed E-state index contributed by atoms with van der Waals surface area (Å²) in [6.07, 6.45) is 0. The van der Waals surface area contributed by atoms with Crippen LogP contribution in [-0.2, 0) is 5.41 Å². The average Bonchev–Trinajstić information content (AvgIpc) is 3.16. The van der Waals surface area contributed by atoms with Crippen LogP contribution < -0.4 is 0 Å². The van der Waals surface area contributed by atoms with Crippen LogP contribution >= 0.6 is 0 Å². The minimum atomic E-state index is -0.384. The van der Waals surface area contributed by atoms with Gasteiger partial charge in [-0.25, -0.2) is 0 Å². The second kappa shape index (κ2) is 10.7. The van der Waals surface area contributed by atoms with Crippen molar-refractivity contribution in [3.05, 3.63) is 181 Å². The second-order valence-electron chi connectivity index (χ2n) is 13.0. The van der Waals surface area contributed by atoms with E-state index in [9.17, 15) is 0 Å². The molecule has 8 aromatic carbocycles. The minimum absolute atomic E-state index is 0.191. The Bertz CT molecular complexity index is 2800. The lowest BCUT2D eigenvalue weighted by atomic mass is 9.67. The van der Waals surface area contributed by atoms with Gasteiger partial charge in [-0.05, 0) is 106 Å². The van der Waals surface area contributed by atoms with Crippen LogP contribution in [0, 0.1) is 0 Å². The smallest absolute Gasteiger partial charge is 0.0622 e. The van der Waals surface area contributed by atoms with E-state index < -0.39 is 0 Å². The van der Waals surface area contributed by atoms with Gasteiger partial charge in [0, 0.05) is 5.41 Å². The molecule has 0 atom stereocenters. The van der Waals surface area contributed by atoms with Crippen LogP contribution in [-0.4, -0.2) is 0 Å². The molecule has 0 nitrogen and oxygen atoms in total. The molecule has 2 bridgehead atoms. The van der Waals surface area contributed by atoms with E-state index in [0.29, 0.717) is 5.56 Å². The van der Waals surface area contributed by atoms with Crippen LogP contribution in [0.15, 0.2) is 170 Å². The molecule has 0 spiro atoms. The Morgan fingerprint density at radius 2 is 1.09 bits per heavy atom. The molecule has 1 aliphatic carbocycles. The fourth-order valence-corrected chi connectivity index (χ4v) is 7.61. The molecule has 0 heteroatoms. The van der Waals surface area contributed by atoms with Crippen LogP contribution in [0.25, 0.3) is 76.8 Å². The van der Waals surface area contributed by atoms with Gasteiger partial charge in [-0.1, -0.05) is 165 Å². The predicted molar refractivity (Wildman–Crippen MR) is 202 cm³/mol. The summed E-state index contributed by atoms with van der Waals surface area (Å²) in [5, 5.41) is 7.15. The van der Waals surface area contributed by atoms with Gasteiger partial charge in [0.1, 0.15) is 0 Å². The van der Waals surface area contributed by atoms with Gasteiger partial charge in [0.2, 0.25) is 0 Å². The molecule has 0 radical (unpaired) electrons. The topological polar surface area (TPSA) is 0 Å². The maximum Gasteiger partial charge on any atom is 0.0629 e. The molecule has 9 rings (SSSR count). The molecule has 8 aromatic rings. The third-order valence-corrected chi connectivity index (χ3v) is 9.96. The highest BCUT2D eigenvalue weighted by atomic mass is 14.4. The Labute approximate surface area is 283 Å². The molecule has 0 heterocycles.